The molecule has 1 aromatic heterocycles. The van der Waals surface area contributed by atoms with E-state index in [1.54, 1.807) is 7.11 Å². The van der Waals surface area contributed by atoms with Gasteiger partial charge in [0.1, 0.15) is 5.75 Å². The van der Waals surface area contributed by atoms with Crippen LogP contribution >= 0.6 is 0 Å². The average molecular weight is 364 g/mol. The smallest absolute Gasteiger partial charge is 0.272 e. The first-order chi connectivity index (χ1) is 13.3. The Kier molecular flexibility index (Phi) is 5.07. The van der Waals surface area contributed by atoms with Crippen molar-refractivity contribution in [2.75, 3.05) is 26.7 Å². The molecule has 0 unspecified atom stereocenters. The van der Waals surface area contributed by atoms with E-state index in [9.17, 15) is 4.79 Å². The van der Waals surface area contributed by atoms with E-state index in [-0.39, 0.29) is 11.9 Å². The Bertz CT molecular complexity index is 931. The van der Waals surface area contributed by atoms with Crippen LogP contribution in [-0.4, -0.2) is 47.7 Å². The quantitative estimate of drug-likeness (QED) is 0.705. The number of aromatic nitrogens is 2. The largest absolute Gasteiger partial charge is 0.496 e. The Morgan fingerprint density at radius 3 is 2.74 bits per heavy atom. The molecule has 27 heavy (non-hydrogen) atoms. The predicted molar refractivity (Wildman–Crippen MR) is 105 cm³/mol. The summed E-state index contributed by atoms with van der Waals surface area (Å²) in [6, 6.07) is 15.8. The van der Waals surface area contributed by atoms with Crippen LogP contribution < -0.4 is 10.1 Å². The topological polar surface area (TPSA) is 70.2 Å². The second-order valence-corrected chi connectivity index (χ2v) is 6.83. The maximum Gasteiger partial charge on any atom is 0.272 e. The van der Waals surface area contributed by atoms with E-state index in [2.05, 4.69) is 26.5 Å². The van der Waals surface area contributed by atoms with Crippen LogP contribution in [0, 0.1) is 0 Å². The van der Waals surface area contributed by atoms with Crippen molar-refractivity contribution < 1.29 is 9.53 Å². The first-order valence-electron chi connectivity index (χ1n) is 9.36. The number of rotatable bonds is 6. The van der Waals surface area contributed by atoms with Gasteiger partial charge in [-0.15, -0.1) is 0 Å². The Morgan fingerprint density at radius 2 is 1.93 bits per heavy atom. The Morgan fingerprint density at radius 1 is 1.19 bits per heavy atom. The molecule has 3 aromatic rings. The molecule has 0 saturated carbocycles. The SMILES string of the molecule is COc1ccccc1[C@@H](CNC(=O)c1n[nH]c2ccccc12)N1CCCC1. The summed E-state index contributed by atoms with van der Waals surface area (Å²) in [4.78, 5) is 15.2. The maximum atomic E-state index is 12.8. The van der Waals surface area contributed by atoms with Gasteiger partial charge in [0.05, 0.1) is 18.7 Å². The van der Waals surface area contributed by atoms with Crippen molar-refractivity contribution in [1.82, 2.24) is 20.4 Å². The molecule has 0 radical (unpaired) electrons. The highest BCUT2D eigenvalue weighted by molar-refractivity contribution is 6.04. The minimum absolute atomic E-state index is 0.0813. The second kappa shape index (κ2) is 7.80. The van der Waals surface area contributed by atoms with Crippen LogP contribution in [0.1, 0.15) is 34.9 Å². The predicted octanol–water partition coefficient (Wildman–Crippen LogP) is 3.14. The lowest BCUT2D eigenvalue weighted by molar-refractivity contribution is 0.0934. The molecule has 140 valence electrons. The molecule has 0 aliphatic carbocycles. The summed E-state index contributed by atoms with van der Waals surface area (Å²) in [5.74, 6) is 0.695. The van der Waals surface area contributed by atoms with Crippen molar-refractivity contribution in [1.29, 1.82) is 0 Å². The third-order valence-corrected chi connectivity index (χ3v) is 5.22. The number of carbonyl (C=O) groups is 1. The minimum atomic E-state index is -0.161. The summed E-state index contributed by atoms with van der Waals surface area (Å²) in [5, 5.41) is 11.0. The van der Waals surface area contributed by atoms with Gasteiger partial charge in [0.2, 0.25) is 0 Å². The number of likely N-dealkylation sites (tertiary alicyclic amines) is 1. The van der Waals surface area contributed by atoms with E-state index in [0.29, 0.717) is 12.2 Å². The molecule has 0 bridgehead atoms. The van der Waals surface area contributed by atoms with Crippen molar-refractivity contribution in [3.63, 3.8) is 0 Å². The number of aromatic amines is 1. The van der Waals surface area contributed by atoms with Crippen LogP contribution in [0.4, 0.5) is 0 Å². The lowest BCUT2D eigenvalue weighted by Crippen LogP contribution is -2.37. The average Bonchev–Trinajstić information content (AvgIpc) is 3.38. The van der Waals surface area contributed by atoms with Crippen LogP contribution in [0.5, 0.6) is 5.75 Å². The number of carbonyl (C=O) groups excluding carboxylic acids is 1. The molecule has 1 aliphatic rings. The fourth-order valence-corrected chi connectivity index (χ4v) is 3.84. The number of H-pyrrole nitrogens is 1. The molecular weight excluding hydrogens is 340 g/mol. The molecular formula is C21H24N4O2. The van der Waals surface area contributed by atoms with Gasteiger partial charge in [-0.1, -0.05) is 36.4 Å². The lowest BCUT2D eigenvalue weighted by Gasteiger charge is -2.29. The zero-order chi connectivity index (χ0) is 18.6. The van der Waals surface area contributed by atoms with Gasteiger partial charge in [-0.25, -0.2) is 0 Å². The van der Waals surface area contributed by atoms with E-state index in [4.69, 9.17) is 4.74 Å². The monoisotopic (exact) mass is 364 g/mol. The highest BCUT2D eigenvalue weighted by atomic mass is 16.5. The van der Waals surface area contributed by atoms with Crippen molar-refractivity contribution in [3.05, 3.63) is 59.8 Å². The molecule has 2 heterocycles. The summed E-state index contributed by atoms with van der Waals surface area (Å²) in [6.45, 7) is 2.58. The van der Waals surface area contributed by atoms with Gasteiger partial charge < -0.3 is 10.1 Å². The number of methoxy groups -OCH3 is 1. The fraction of sp³-hybridized carbons (Fsp3) is 0.333. The molecule has 1 atom stereocenters. The van der Waals surface area contributed by atoms with E-state index < -0.39 is 0 Å². The standard InChI is InChI=1S/C21H24N4O2/c1-27-19-11-5-3-9-16(19)18(25-12-6-7-13-25)14-22-21(26)20-15-8-2-4-10-17(15)23-24-20/h2-5,8-11,18H,6-7,12-14H2,1H3,(H,22,26)(H,23,24)/t18-/m1/s1. The van der Waals surface area contributed by atoms with Gasteiger partial charge in [-0.2, -0.15) is 5.10 Å². The first-order valence-corrected chi connectivity index (χ1v) is 9.36. The van der Waals surface area contributed by atoms with Gasteiger partial charge in [-0.3, -0.25) is 14.8 Å². The Balaban J connectivity index is 1.56. The number of hydrogen-bond acceptors (Lipinski definition) is 4. The number of fused-ring (bicyclic) bond motifs is 1. The first kappa shape index (κ1) is 17.5. The molecule has 1 amide bonds. The van der Waals surface area contributed by atoms with Gasteiger partial charge in [0.25, 0.3) is 5.91 Å². The van der Waals surface area contributed by atoms with E-state index in [1.807, 2.05) is 42.5 Å². The maximum absolute atomic E-state index is 12.8. The van der Waals surface area contributed by atoms with Crippen LogP contribution in [-0.2, 0) is 0 Å². The number of hydrogen-bond donors (Lipinski definition) is 2. The molecule has 4 rings (SSSR count). The van der Waals surface area contributed by atoms with E-state index in [1.165, 1.54) is 12.8 Å². The van der Waals surface area contributed by atoms with Crippen LogP contribution in [0.2, 0.25) is 0 Å². The van der Waals surface area contributed by atoms with Gasteiger partial charge in [0.15, 0.2) is 5.69 Å². The number of ether oxygens (including phenoxy) is 1. The molecule has 1 saturated heterocycles. The van der Waals surface area contributed by atoms with Crippen molar-refractivity contribution >= 4 is 16.8 Å². The van der Waals surface area contributed by atoms with Gasteiger partial charge in [-0.05, 0) is 38.1 Å². The van der Waals surface area contributed by atoms with Crippen molar-refractivity contribution in [2.45, 2.75) is 18.9 Å². The zero-order valence-electron chi connectivity index (χ0n) is 15.4. The van der Waals surface area contributed by atoms with Crippen LogP contribution in [0.25, 0.3) is 10.9 Å². The molecule has 1 aliphatic heterocycles. The van der Waals surface area contributed by atoms with Crippen LogP contribution in [0.15, 0.2) is 48.5 Å². The molecule has 2 aromatic carbocycles. The summed E-state index contributed by atoms with van der Waals surface area (Å²) in [6.07, 6.45) is 2.37. The highest BCUT2D eigenvalue weighted by Crippen LogP contribution is 2.31. The minimum Gasteiger partial charge on any atom is -0.496 e. The molecule has 0 spiro atoms. The van der Waals surface area contributed by atoms with Crippen LogP contribution in [0.3, 0.4) is 0 Å². The third kappa shape index (κ3) is 3.53. The number of para-hydroxylation sites is 2. The molecule has 1 fully saturated rings. The summed E-state index contributed by atoms with van der Waals surface area (Å²) in [7, 11) is 1.69. The van der Waals surface area contributed by atoms with Gasteiger partial charge in [0, 0.05) is 17.5 Å². The lowest BCUT2D eigenvalue weighted by atomic mass is 10.0. The summed E-state index contributed by atoms with van der Waals surface area (Å²) in [5.41, 5.74) is 2.41. The summed E-state index contributed by atoms with van der Waals surface area (Å²) < 4.78 is 5.57. The molecule has 6 nitrogen and oxygen atoms in total. The third-order valence-electron chi connectivity index (χ3n) is 5.22. The second-order valence-electron chi connectivity index (χ2n) is 6.83. The van der Waals surface area contributed by atoms with Gasteiger partial charge >= 0.3 is 0 Å². The van der Waals surface area contributed by atoms with Crippen molar-refractivity contribution in [2.24, 2.45) is 0 Å². The summed E-state index contributed by atoms with van der Waals surface area (Å²) >= 11 is 0. The zero-order valence-corrected chi connectivity index (χ0v) is 15.4. The normalized spacial score (nSPS) is 15.7. The van der Waals surface area contributed by atoms with E-state index >= 15 is 0 Å². The number of benzene rings is 2. The Labute approximate surface area is 158 Å². The number of nitrogens with one attached hydrogen (secondary N) is 2. The van der Waals surface area contributed by atoms with Crippen molar-refractivity contribution in [3.8, 4) is 5.75 Å². The number of amides is 1. The molecule has 2 N–H and O–H groups in total. The fourth-order valence-electron chi connectivity index (χ4n) is 3.84. The highest BCUT2D eigenvalue weighted by Gasteiger charge is 2.27. The van der Waals surface area contributed by atoms with E-state index in [0.717, 1.165) is 35.3 Å². The Hall–Kier alpha value is -2.86. The number of nitrogens with zero attached hydrogens (tertiary/aromatic N) is 2. The molecule has 6 heteroatoms.